The van der Waals surface area contributed by atoms with Gasteiger partial charge in [0.1, 0.15) is 11.3 Å². The normalized spacial score (nSPS) is 19.9. The average molecular weight is 236 g/mol. The zero-order chi connectivity index (χ0) is 12.3. The second-order valence-electron chi connectivity index (χ2n) is 4.82. The van der Waals surface area contributed by atoms with E-state index in [1.54, 1.807) is 24.1 Å². The molecule has 0 radical (unpaired) electrons. The Kier molecular flexibility index (Phi) is 3.62. The van der Waals surface area contributed by atoms with E-state index in [4.69, 9.17) is 4.74 Å². The van der Waals surface area contributed by atoms with Crippen LogP contribution in [0.25, 0.3) is 0 Å². The summed E-state index contributed by atoms with van der Waals surface area (Å²) < 4.78 is 7.25. The molecular weight excluding hydrogens is 216 g/mol. The SMILES string of the molecule is COC1(C(=O)c2ccn(C)n2)CCCCCC1. The number of methoxy groups -OCH3 is 1. The molecule has 0 unspecified atom stereocenters. The predicted molar refractivity (Wildman–Crippen MR) is 65.0 cm³/mol. The van der Waals surface area contributed by atoms with Crippen LogP contribution in [0.1, 0.15) is 49.0 Å². The highest BCUT2D eigenvalue weighted by atomic mass is 16.5. The van der Waals surface area contributed by atoms with E-state index in [0.717, 1.165) is 25.7 Å². The van der Waals surface area contributed by atoms with E-state index >= 15 is 0 Å². The molecule has 1 aliphatic rings. The molecular formula is C13H20N2O2. The lowest BCUT2D eigenvalue weighted by molar-refractivity contribution is -0.00736. The van der Waals surface area contributed by atoms with Crippen LogP contribution in [-0.2, 0) is 11.8 Å². The third-order valence-corrected chi connectivity index (χ3v) is 3.66. The van der Waals surface area contributed by atoms with Gasteiger partial charge in [-0.05, 0) is 18.9 Å². The second kappa shape index (κ2) is 5.00. The Hall–Kier alpha value is -1.16. The number of nitrogens with zero attached hydrogens (tertiary/aromatic N) is 2. The quantitative estimate of drug-likeness (QED) is 0.597. The summed E-state index contributed by atoms with van der Waals surface area (Å²) in [7, 11) is 3.47. The highest BCUT2D eigenvalue weighted by Gasteiger charge is 2.40. The molecule has 94 valence electrons. The molecule has 1 heterocycles. The number of Topliss-reactive ketones (excluding diaryl/α,β-unsaturated/α-hetero) is 1. The van der Waals surface area contributed by atoms with Crippen LogP contribution >= 0.6 is 0 Å². The van der Waals surface area contributed by atoms with Crippen LogP contribution in [-0.4, -0.2) is 28.3 Å². The van der Waals surface area contributed by atoms with Crippen LogP contribution in [0.4, 0.5) is 0 Å². The third kappa shape index (κ3) is 2.41. The fourth-order valence-electron chi connectivity index (χ4n) is 2.59. The highest BCUT2D eigenvalue weighted by Crippen LogP contribution is 2.32. The Morgan fingerprint density at radius 1 is 1.35 bits per heavy atom. The van der Waals surface area contributed by atoms with Crippen LogP contribution in [0, 0.1) is 0 Å². The number of aryl methyl sites for hydroxylation is 1. The topological polar surface area (TPSA) is 44.1 Å². The van der Waals surface area contributed by atoms with Crippen molar-refractivity contribution in [3.8, 4) is 0 Å². The summed E-state index contributed by atoms with van der Waals surface area (Å²) in [5, 5.41) is 4.20. The molecule has 1 aromatic heterocycles. The first-order valence-electron chi connectivity index (χ1n) is 6.27. The molecule has 1 aromatic rings. The highest BCUT2D eigenvalue weighted by molar-refractivity contribution is 6.00. The summed E-state index contributed by atoms with van der Waals surface area (Å²) in [5.74, 6) is 0.0440. The van der Waals surface area contributed by atoms with E-state index in [1.807, 2.05) is 7.05 Å². The van der Waals surface area contributed by atoms with Gasteiger partial charge in [0, 0.05) is 20.4 Å². The van der Waals surface area contributed by atoms with Crippen molar-refractivity contribution in [1.82, 2.24) is 9.78 Å². The number of rotatable bonds is 3. The van der Waals surface area contributed by atoms with Gasteiger partial charge in [-0.25, -0.2) is 0 Å². The zero-order valence-corrected chi connectivity index (χ0v) is 10.6. The largest absolute Gasteiger partial charge is 0.370 e. The molecule has 0 amide bonds. The fourth-order valence-corrected chi connectivity index (χ4v) is 2.59. The number of hydrogen-bond donors (Lipinski definition) is 0. The summed E-state index contributed by atoms with van der Waals surface area (Å²) in [6.45, 7) is 0. The lowest BCUT2D eigenvalue weighted by atomic mass is 9.88. The van der Waals surface area contributed by atoms with Crippen molar-refractivity contribution >= 4 is 5.78 Å². The second-order valence-corrected chi connectivity index (χ2v) is 4.82. The maximum Gasteiger partial charge on any atom is 0.214 e. The molecule has 17 heavy (non-hydrogen) atoms. The molecule has 1 aliphatic carbocycles. The smallest absolute Gasteiger partial charge is 0.214 e. The van der Waals surface area contributed by atoms with E-state index in [9.17, 15) is 4.79 Å². The molecule has 0 aliphatic heterocycles. The van der Waals surface area contributed by atoms with E-state index in [-0.39, 0.29) is 5.78 Å². The molecule has 4 heteroatoms. The van der Waals surface area contributed by atoms with Crippen LogP contribution < -0.4 is 0 Å². The molecule has 0 saturated heterocycles. The Labute approximate surface area is 102 Å². The molecule has 2 rings (SSSR count). The lowest BCUT2D eigenvalue weighted by Gasteiger charge is -2.28. The number of ether oxygens (including phenoxy) is 1. The first-order chi connectivity index (χ1) is 8.18. The van der Waals surface area contributed by atoms with Gasteiger partial charge in [-0.2, -0.15) is 5.10 Å². The molecule has 0 aromatic carbocycles. The van der Waals surface area contributed by atoms with E-state index in [1.165, 1.54) is 12.8 Å². The Morgan fingerprint density at radius 2 is 2.00 bits per heavy atom. The first kappa shape index (κ1) is 12.3. The molecule has 0 spiro atoms. The molecule has 0 atom stereocenters. The van der Waals surface area contributed by atoms with Gasteiger partial charge in [0.25, 0.3) is 0 Å². The van der Waals surface area contributed by atoms with Crippen molar-refractivity contribution in [3.63, 3.8) is 0 Å². The minimum atomic E-state index is -0.634. The van der Waals surface area contributed by atoms with E-state index in [0.29, 0.717) is 5.69 Å². The maximum absolute atomic E-state index is 12.5. The summed E-state index contributed by atoms with van der Waals surface area (Å²) in [6.07, 6.45) is 7.95. The first-order valence-corrected chi connectivity index (χ1v) is 6.27. The molecule has 4 nitrogen and oxygen atoms in total. The number of aromatic nitrogens is 2. The average Bonchev–Trinajstić information content (AvgIpc) is 2.64. The maximum atomic E-state index is 12.5. The van der Waals surface area contributed by atoms with Gasteiger partial charge < -0.3 is 4.74 Å². The van der Waals surface area contributed by atoms with Crippen LogP contribution in [0.2, 0.25) is 0 Å². The van der Waals surface area contributed by atoms with Crippen molar-refractivity contribution in [1.29, 1.82) is 0 Å². The van der Waals surface area contributed by atoms with Crippen LogP contribution in [0.3, 0.4) is 0 Å². The summed E-state index contributed by atoms with van der Waals surface area (Å²) in [4.78, 5) is 12.5. The van der Waals surface area contributed by atoms with Crippen molar-refractivity contribution in [2.75, 3.05) is 7.11 Å². The number of ketones is 1. The van der Waals surface area contributed by atoms with E-state index < -0.39 is 5.60 Å². The monoisotopic (exact) mass is 236 g/mol. The minimum Gasteiger partial charge on any atom is -0.370 e. The standard InChI is InChI=1S/C13H20N2O2/c1-15-10-7-11(14-15)12(16)13(17-2)8-5-3-4-6-9-13/h7,10H,3-6,8-9H2,1-2H3. The minimum absolute atomic E-state index is 0.0440. The van der Waals surface area contributed by atoms with Crippen molar-refractivity contribution in [2.45, 2.75) is 44.1 Å². The van der Waals surface area contributed by atoms with Crippen molar-refractivity contribution < 1.29 is 9.53 Å². The van der Waals surface area contributed by atoms with Crippen LogP contribution in [0.5, 0.6) is 0 Å². The number of carbonyl (C=O) groups excluding carboxylic acids is 1. The van der Waals surface area contributed by atoms with Crippen LogP contribution in [0.15, 0.2) is 12.3 Å². The van der Waals surface area contributed by atoms with Gasteiger partial charge in [-0.15, -0.1) is 0 Å². The van der Waals surface area contributed by atoms with Gasteiger partial charge in [0.2, 0.25) is 5.78 Å². The van der Waals surface area contributed by atoms with Gasteiger partial charge in [0.15, 0.2) is 0 Å². The zero-order valence-electron chi connectivity index (χ0n) is 10.6. The summed E-state index contributed by atoms with van der Waals surface area (Å²) in [6, 6.07) is 1.77. The van der Waals surface area contributed by atoms with E-state index in [2.05, 4.69) is 5.10 Å². The number of hydrogen-bond acceptors (Lipinski definition) is 3. The molecule has 1 fully saturated rings. The van der Waals surface area contributed by atoms with Gasteiger partial charge in [-0.3, -0.25) is 9.48 Å². The molecule has 0 N–H and O–H groups in total. The number of carbonyl (C=O) groups is 1. The Morgan fingerprint density at radius 3 is 2.47 bits per heavy atom. The Balaban J connectivity index is 2.24. The summed E-state index contributed by atoms with van der Waals surface area (Å²) in [5.41, 5.74) is -0.110. The van der Waals surface area contributed by atoms with Gasteiger partial charge >= 0.3 is 0 Å². The predicted octanol–water partition coefficient (Wildman–Crippen LogP) is 2.34. The van der Waals surface area contributed by atoms with Crippen molar-refractivity contribution in [3.05, 3.63) is 18.0 Å². The fraction of sp³-hybridized carbons (Fsp3) is 0.692. The van der Waals surface area contributed by atoms with Gasteiger partial charge in [-0.1, -0.05) is 25.7 Å². The third-order valence-electron chi connectivity index (χ3n) is 3.66. The molecule has 1 saturated carbocycles. The molecule has 0 bridgehead atoms. The lowest BCUT2D eigenvalue weighted by Crippen LogP contribution is -2.40. The summed E-state index contributed by atoms with van der Waals surface area (Å²) >= 11 is 0. The van der Waals surface area contributed by atoms with Gasteiger partial charge in [0.05, 0.1) is 0 Å². The Bertz CT molecular complexity index is 390. The van der Waals surface area contributed by atoms with Crippen molar-refractivity contribution in [2.24, 2.45) is 7.05 Å².